The number of benzene rings is 1. The van der Waals surface area contributed by atoms with Crippen LogP contribution in [-0.2, 0) is 4.79 Å². The summed E-state index contributed by atoms with van der Waals surface area (Å²) in [6.45, 7) is 5.01. The SMILES string of the molecule is COc1cc(F)c(C2CC(=O)N(CC(C)C)C2)c(F)c1. The van der Waals surface area contributed by atoms with Crippen LogP contribution in [0.2, 0.25) is 0 Å². The van der Waals surface area contributed by atoms with Crippen molar-refractivity contribution in [2.45, 2.75) is 26.2 Å². The Labute approximate surface area is 117 Å². The zero-order chi connectivity index (χ0) is 14.9. The molecule has 0 bridgehead atoms. The molecule has 20 heavy (non-hydrogen) atoms. The maximum atomic E-state index is 14.0. The zero-order valence-electron chi connectivity index (χ0n) is 12.0. The summed E-state index contributed by atoms with van der Waals surface area (Å²) in [5, 5.41) is 0. The average molecular weight is 283 g/mol. The number of carbonyl (C=O) groups excluding carboxylic acids is 1. The Bertz CT molecular complexity index is 494. The summed E-state index contributed by atoms with van der Waals surface area (Å²) in [6, 6.07) is 2.32. The average Bonchev–Trinajstić information content (AvgIpc) is 2.68. The summed E-state index contributed by atoms with van der Waals surface area (Å²) >= 11 is 0. The number of methoxy groups -OCH3 is 1. The van der Waals surface area contributed by atoms with Crippen LogP contribution in [0, 0.1) is 17.6 Å². The molecule has 5 heteroatoms. The fourth-order valence-corrected chi connectivity index (χ4v) is 2.65. The first kappa shape index (κ1) is 14.8. The number of likely N-dealkylation sites (tertiary alicyclic amines) is 1. The monoisotopic (exact) mass is 283 g/mol. The molecule has 0 N–H and O–H groups in total. The molecule has 0 spiro atoms. The third-order valence-corrected chi connectivity index (χ3v) is 3.50. The van der Waals surface area contributed by atoms with E-state index in [1.807, 2.05) is 13.8 Å². The van der Waals surface area contributed by atoms with Crippen molar-refractivity contribution in [2.75, 3.05) is 20.2 Å². The molecule has 1 aromatic carbocycles. The highest BCUT2D eigenvalue weighted by Crippen LogP contribution is 2.34. The maximum Gasteiger partial charge on any atom is 0.223 e. The lowest BCUT2D eigenvalue weighted by Gasteiger charge is -2.19. The first-order valence-corrected chi connectivity index (χ1v) is 6.73. The molecule has 0 radical (unpaired) electrons. The fourth-order valence-electron chi connectivity index (χ4n) is 2.65. The van der Waals surface area contributed by atoms with E-state index in [0.29, 0.717) is 19.0 Å². The molecule has 1 saturated heterocycles. The van der Waals surface area contributed by atoms with Crippen LogP contribution < -0.4 is 4.74 Å². The van der Waals surface area contributed by atoms with E-state index in [-0.39, 0.29) is 23.6 Å². The minimum absolute atomic E-state index is 0.00888. The smallest absolute Gasteiger partial charge is 0.223 e. The second-order valence-corrected chi connectivity index (χ2v) is 5.60. The van der Waals surface area contributed by atoms with Gasteiger partial charge in [0.1, 0.15) is 17.4 Å². The van der Waals surface area contributed by atoms with Gasteiger partial charge in [0.15, 0.2) is 0 Å². The lowest BCUT2D eigenvalue weighted by Crippen LogP contribution is -2.29. The van der Waals surface area contributed by atoms with E-state index in [4.69, 9.17) is 4.74 Å². The van der Waals surface area contributed by atoms with E-state index in [1.165, 1.54) is 7.11 Å². The van der Waals surface area contributed by atoms with Crippen LogP contribution in [0.3, 0.4) is 0 Å². The van der Waals surface area contributed by atoms with E-state index in [2.05, 4.69) is 0 Å². The molecule has 3 nitrogen and oxygen atoms in total. The molecule has 110 valence electrons. The molecule has 2 rings (SSSR count). The van der Waals surface area contributed by atoms with Gasteiger partial charge in [-0.2, -0.15) is 0 Å². The first-order chi connectivity index (χ1) is 9.42. The number of nitrogens with zero attached hydrogens (tertiary/aromatic N) is 1. The number of hydrogen-bond acceptors (Lipinski definition) is 2. The predicted octanol–water partition coefficient (Wildman–Crippen LogP) is 2.95. The van der Waals surface area contributed by atoms with Crippen LogP contribution in [0.4, 0.5) is 8.78 Å². The molecule has 1 unspecified atom stereocenters. The molecule has 1 aliphatic rings. The number of carbonyl (C=O) groups is 1. The van der Waals surface area contributed by atoms with Gasteiger partial charge < -0.3 is 9.64 Å². The van der Waals surface area contributed by atoms with Crippen molar-refractivity contribution in [1.82, 2.24) is 4.90 Å². The third kappa shape index (κ3) is 2.92. The quantitative estimate of drug-likeness (QED) is 0.850. The molecule has 0 saturated carbocycles. The highest BCUT2D eigenvalue weighted by molar-refractivity contribution is 5.79. The fraction of sp³-hybridized carbons (Fsp3) is 0.533. The number of ether oxygens (including phenoxy) is 1. The Morgan fingerprint density at radius 3 is 2.45 bits per heavy atom. The van der Waals surface area contributed by atoms with Crippen molar-refractivity contribution in [3.63, 3.8) is 0 Å². The number of hydrogen-bond donors (Lipinski definition) is 0. The van der Waals surface area contributed by atoms with Gasteiger partial charge in [0.2, 0.25) is 5.91 Å². The van der Waals surface area contributed by atoms with E-state index >= 15 is 0 Å². The van der Waals surface area contributed by atoms with Gasteiger partial charge in [-0.25, -0.2) is 8.78 Å². The molecule has 0 aromatic heterocycles. The Balaban J connectivity index is 2.23. The third-order valence-electron chi connectivity index (χ3n) is 3.50. The van der Waals surface area contributed by atoms with E-state index < -0.39 is 17.6 Å². The largest absolute Gasteiger partial charge is 0.497 e. The topological polar surface area (TPSA) is 29.5 Å². The summed E-state index contributed by atoms with van der Waals surface area (Å²) < 4.78 is 32.9. The Kier molecular flexibility index (Phi) is 4.26. The van der Waals surface area contributed by atoms with Crippen molar-refractivity contribution < 1.29 is 18.3 Å². The van der Waals surface area contributed by atoms with E-state index in [9.17, 15) is 13.6 Å². The number of rotatable bonds is 4. The van der Waals surface area contributed by atoms with Crippen LogP contribution in [0.15, 0.2) is 12.1 Å². The van der Waals surface area contributed by atoms with Crippen LogP contribution in [0.25, 0.3) is 0 Å². The van der Waals surface area contributed by atoms with Gasteiger partial charge in [-0.15, -0.1) is 0 Å². The minimum atomic E-state index is -0.647. The van der Waals surface area contributed by atoms with E-state index in [1.54, 1.807) is 4.90 Å². The summed E-state index contributed by atoms with van der Waals surface area (Å²) in [7, 11) is 1.36. The van der Waals surface area contributed by atoms with Gasteiger partial charge in [-0.05, 0) is 5.92 Å². The lowest BCUT2D eigenvalue weighted by molar-refractivity contribution is -0.128. The van der Waals surface area contributed by atoms with Gasteiger partial charge >= 0.3 is 0 Å². The van der Waals surface area contributed by atoms with Crippen molar-refractivity contribution in [3.8, 4) is 5.75 Å². The van der Waals surface area contributed by atoms with Crippen molar-refractivity contribution in [2.24, 2.45) is 5.92 Å². The second kappa shape index (κ2) is 5.77. The second-order valence-electron chi connectivity index (χ2n) is 5.60. The molecule has 1 amide bonds. The summed E-state index contributed by atoms with van der Waals surface area (Å²) in [5.74, 6) is -1.28. The molecule has 1 atom stereocenters. The van der Waals surface area contributed by atoms with Crippen LogP contribution >= 0.6 is 0 Å². The molecule has 0 aliphatic carbocycles. The van der Waals surface area contributed by atoms with Crippen LogP contribution in [-0.4, -0.2) is 31.0 Å². The predicted molar refractivity (Wildman–Crippen MR) is 71.7 cm³/mol. The first-order valence-electron chi connectivity index (χ1n) is 6.73. The van der Waals surface area contributed by atoms with Gasteiger partial charge in [0, 0.05) is 43.1 Å². The molecule has 1 heterocycles. The Morgan fingerprint density at radius 1 is 1.35 bits per heavy atom. The van der Waals surface area contributed by atoms with Crippen molar-refractivity contribution in [1.29, 1.82) is 0 Å². The molecular formula is C15H19F2NO2. The van der Waals surface area contributed by atoms with Crippen molar-refractivity contribution in [3.05, 3.63) is 29.3 Å². The molecule has 1 fully saturated rings. The molecular weight excluding hydrogens is 264 g/mol. The Hall–Kier alpha value is -1.65. The van der Waals surface area contributed by atoms with Gasteiger partial charge in [-0.1, -0.05) is 13.8 Å². The standard InChI is InChI=1S/C15H19F2NO2/c1-9(2)7-18-8-10(4-14(18)19)15-12(16)5-11(20-3)6-13(15)17/h5-6,9-10H,4,7-8H2,1-3H3. The normalized spacial score (nSPS) is 19.0. The Morgan fingerprint density at radius 2 is 1.95 bits per heavy atom. The molecule has 1 aliphatic heterocycles. The summed E-state index contributed by atoms with van der Waals surface area (Å²) in [6.07, 6.45) is 0.160. The van der Waals surface area contributed by atoms with Gasteiger partial charge in [-0.3, -0.25) is 4.79 Å². The van der Waals surface area contributed by atoms with E-state index in [0.717, 1.165) is 12.1 Å². The molecule has 1 aromatic rings. The van der Waals surface area contributed by atoms with Crippen LogP contribution in [0.1, 0.15) is 31.7 Å². The van der Waals surface area contributed by atoms with Gasteiger partial charge in [0.05, 0.1) is 7.11 Å². The number of halogens is 2. The van der Waals surface area contributed by atoms with Crippen molar-refractivity contribution >= 4 is 5.91 Å². The number of amides is 1. The summed E-state index contributed by atoms with van der Waals surface area (Å²) in [4.78, 5) is 13.6. The lowest BCUT2D eigenvalue weighted by atomic mass is 9.97. The highest BCUT2D eigenvalue weighted by atomic mass is 19.1. The minimum Gasteiger partial charge on any atom is -0.497 e. The zero-order valence-corrected chi connectivity index (χ0v) is 12.0. The maximum absolute atomic E-state index is 14.0. The van der Waals surface area contributed by atoms with Gasteiger partial charge in [0.25, 0.3) is 0 Å². The summed E-state index contributed by atoms with van der Waals surface area (Å²) in [5.41, 5.74) is -0.00888. The van der Waals surface area contributed by atoms with Crippen LogP contribution in [0.5, 0.6) is 5.75 Å². The highest BCUT2D eigenvalue weighted by Gasteiger charge is 2.34.